The monoisotopic (exact) mass is 534 g/mol. The van der Waals surface area contributed by atoms with Crippen molar-refractivity contribution in [2.75, 3.05) is 11.4 Å². The number of nitrogens with one attached hydrogen (secondary N) is 2. The van der Waals surface area contributed by atoms with E-state index < -0.39 is 30.2 Å². The van der Waals surface area contributed by atoms with Crippen molar-refractivity contribution in [2.24, 2.45) is 5.92 Å². The van der Waals surface area contributed by atoms with Crippen molar-refractivity contribution in [3.05, 3.63) is 83.6 Å². The maximum absolute atomic E-state index is 13.2. The van der Waals surface area contributed by atoms with Crippen LogP contribution in [0.5, 0.6) is 0 Å². The van der Waals surface area contributed by atoms with E-state index in [0.29, 0.717) is 19.4 Å². The molecule has 2 heterocycles. The molecule has 10 heteroatoms. The van der Waals surface area contributed by atoms with Crippen molar-refractivity contribution in [1.29, 1.82) is 0 Å². The number of hydrogen-bond donors (Lipinski definition) is 4. The van der Waals surface area contributed by atoms with Crippen LogP contribution in [0.2, 0.25) is 0 Å². The van der Waals surface area contributed by atoms with Gasteiger partial charge in [-0.25, -0.2) is 9.78 Å². The summed E-state index contributed by atoms with van der Waals surface area (Å²) in [6, 6.07) is 15.4. The summed E-state index contributed by atoms with van der Waals surface area (Å²) in [5.41, 5.74) is 2.95. The largest absolute Gasteiger partial charge is 0.465 e. The van der Waals surface area contributed by atoms with Gasteiger partial charge in [0.25, 0.3) is 5.91 Å². The number of aryl methyl sites for hydroxylation is 1. The number of aliphatic hydroxyl groups excluding tert-OH is 1. The van der Waals surface area contributed by atoms with E-state index in [2.05, 4.69) is 15.6 Å². The number of hydrogen-bond acceptors (Lipinski definition) is 6. The molecular weight excluding hydrogens is 500 g/mol. The molecular formula is C29H34N4O6. The Morgan fingerprint density at radius 1 is 1.05 bits per heavy atom. The number of oxazole rings is 1. The molecule has 1 aromatic heterocycles. The highest BCUT2D eigenvalue weighted by molar-refractivity contribution is 6.05. The lowest BCUT2D eigenvalue weighted by Crippen LogP contribution is -2.51. The van der Waals surface area contributed by atoms with Crippen LogP contribution in [0.15, 0.2) is 65.3 Å². The second-order valence-electron chi connectivity index (χ2n) is 10.1. The average Bonchev–Trinajstić information content (AvgIpc) is 3.58. The number of carboxylic acid groups (broad SMARTS) is 1. The van der Waals surface area contributed by atoms with E-state index in [4.69, 9.17) is 4.42 Å². The van der Waals surface area contributed by atoms with E-state index in [-0.39, 0.29) is 29.8 Å². The van der Waals surface area contributed by atoms with Crippen molar-refractivity contribution in [2.45, 2.75) is 57.7 Å². The van der Waals surface area contributed by atoms with Crippen molar-refractivity contribution >= 4 is 23.6 Å². The summed E-state index contributed by atoms with van der Waals surface area (Å²) in [5, 5.41) is 25.5. The molecule has 206 valence electrons. The molecule has 0 spiro atoms. The molecule has 0 saturated heterocycles. The van der Waals surface area contributed by atoms with Gasteiger partial charge in [0.2, 0.25) is 11.8 Å². The Bertz CT molecular complexity index is 1290. The molecule has 3 aromatic rings. The fourth-order valence-corrected chi connectivity index (χ4v) is 4.79. The first kappa shape index (κ1) is 27.8. The molecule has 1 aliphatic heterocycles. The molecule has 3 amide bonds. The second-order valence-corrected chi connectivity index (χ2v) is 10.1. The standard InChI is InChI=1S/C29H34N4O6/c1-18(2)16-22(32-29(37)38)26(35)30-21(13-12-19-8-4-3-5-9-19)25(34)27-31-23(17-39-27)28(36)33-15-14-20-10-6-7-11-24(20)33/h3-11,17-18,21-22,25,32,34H,12-16H2,1-2H3,(H,30,35)(H,37,38). The summed E-state index contributed by atoms with van der Waals surface area (Å²) >= 11 is 0. The van der Waals surface area contributed by atoms with Gasteiger partial charge in [-0.15, -0.1) is 0 Å². The number of amides is 3. The topological polar surface area (TPSA) is 145 Å². The molecule has 0 aliphatic carbocycles. The lowest BCUT2D eigenvalue weighted by atomic mass is 9.99. The van der Waals surface area contributed by atoms with Crippen LogP contribution in [-0.4, -0.2) is 51.7 Å². The fourth-order valence-electron chi connectivity index (χ4n) is 4.79. The van der Waals surface area contributed by atoms with Crippen LogP contribution in [0.4, 0.5) is 10.5 Å². The van der Waals surface area contributed by atoms with Gasteiger partial charge in [-0.05, 0) is 48.8 Å². The molecule has 0 saturated carbocycles. The van der Waals surface area contributed by atoms with Gasteiger partial charge in [-0.1, -0.05) is 62.4 Å². The van der Waals surface area contributed by atoms with Gasteiger partial charge in [-0.2, -0.15) is 0 Å². The van der Waals surface area contributed by atoms with E-state index in [0.717, 1.165) is 23.2 Å². The Kier molecular flexibility index (Phi) is 8.98. The molecule has 4 N–H and O–H groups in total. The third kappa shape index (κ3) is 7.02. The highest BCUT2D eigenvalue weighted by Gasteiger charge is 2.32. The maximum Gasteiger partial charge on any atom is 0.405 e. The van der Waals surface area contributed by atoms with E-state index in [1.807, 2.05) is 68.4 Å². The third-order valence-electron chi connectivity index (χ3n) is 6.74. The van der Waals surface area contributed by atoms with Crippen molar-refractivity contribution < 1.29 is 29.0 Å². The van der Waals surface area contributed by atoms with Crippen LogP contribution in [0, 0.1) is 5.92 Å². The van der Waals surface area contributed by atoms with Gasteiger partial charge in [0.05, 0.1) is 6.04 Å². The zero-order valence-electron chi connectivity index (χ0n) is 22.0. The van der Waals surface area contributed by atoms with E-state index in [9.17, 15) is 24.6 Å². The first-order chi connectivity index (χ1) is 18.7. The van der Waals surface area contributed by atoms with Gasteiger partial charge in [0, 0.05) is 12.2 Å². The molecule has 2 aromatic carbocycles. The summed E-state index contributed by atoms with van der Waals surface area (Å²) in [7, 11) is 0. The predicted octanol–water partition coefficient (Wildman–Crippen LogP) is 3.71. The molecule has 39 heavy (non-hydrogen) atoms. The normalized spacial score (nSPS) is 14.9. The van der Waals surface area contributed by atoms with Gasteiger partial charge in [0.15, 0.2) is 11.8 Å². The molecule has 10 nitrogen and oxygen atoms in total. The molecule has 4 rings (SSSR count). The first-order valence-electron chi connectivity index (χ1n) is 13.1. The van der Waals surface area contributed by atoms with Crippen LogP contribution in [0.25, 0.3) is 0 Å². The summed E-state index contributed by atoms with van der Waals surface area (Å²) < 4.78 is 5.53. The fraction of sp³-hybridized carbons (Fsp3) is 0.379. The Morgan fingerprint density at radius 2 is 1.77 bits per heavy atom. The first-order valence-corrected chi connectivity index (χ1v) is 13.1. The second kappa shape index (κ2) is 12.6. The van der Waals surface area contributed by atoms with E-state index >= 15 is 0 Å². The Hall–Kier alpha value is -4.18. The number of carbonyl (C=O) groups excluding carboxylic acids is 2. The molecule has 1 aliphatic rings. The third-order valence-corrected chi connectivity index (χ3v) is 6.74. The summed E-state index contributed by atoms with van der Waals surface area (Å²) in [5.74, 6) is -0.943. The number of fused-ring (bicyclic) bond motifs is 1. The van der Waals surface area contributed by atoms with Gasteiger partial charge < -0.3 is 30.2 Å². The lowest BCUT2D eigenvalue weighted by molar-refractivity contribution is -0.125. The van der Waals surface area contributed by atoms with Crippen LogP contribution in [0.1, 0.15) is 60.3 Å². The lowest BCUT2D eigenvalue weighted by Gasteiger charge is -2.26. The zero-order chi connectivity index (χ0) is 27.9. The van der Waals surface area contributed by atoms with Crippen molar-refractivity contribution in [3.63, 3.8) is 0 Å². The van der Waals surface area contributed by atoms with E-state index in [1.54, 1.807) is 4.90 Å². The Morgan fingerprint density at radius 3 is 2.49 bits per heavy atom. The number of aliphatic hydroxyl groups is 1. The Balaban J connectivity index is 1.52. The van der Waals surface area contributed by atoms with E-state index in [1.165, 1.54) is 6.26 Å². The molecule has 3 unspecified atom stereocenters. The van der Waals surface area contributed by atoms with Crippen molar-refractivity contribution in [3.8, 4) is 0 Å². The molecule has 0 fully saturated rings. The number of anilines is 1. The minimum Gasteiger partial charge on any atom is -0.465 e. The summed E-state index contributed by atoms with van der Waals surface area (Å²) in [6.45, 7) is 4.29. The SMILES string of the molecule is CC(C)CC(NC(=O)O)C(=O)NC(CCc1ccccc1)C(O)c1nc(C(=O)N2CCc3ccccc32)co1. The average molecular weight is 535 g/mol. The smallest absolute Gasteiger partial charge is 0.405 e. The Labute approximate surface area is 227 Å². The molecule has 0 bridgehead atoms. The number of nitrogens with zero attached hydrogens (tertiary/aromatic N) is 2. The molecule has 3 atom stereocenters. The number of para-hydroxylation sites is 1. The van der Waals surface area contributed by atoms with Crippen LogP contribution < -0.4 is 15.5 Å². The zero-order valence-corrected chi connectivity index (χ0v) is 22.0. The predicted molar refractivity (Wildman–Crippen MR) is 144 cm³/mol. The van der Waals surface area contributed by atoms with Gasteiger partial charge in [0.1, 0.15) is 12.3 Å². The highest BCUT2D eigenvalue weighted by Crippen LogP contribution is 2.29. The quantitative estimate of drug-likeness (QED) is 0.293. The number of aromatic nitrogens is 1. The van der Waals surface area contributed by atoms with Crippen molar-refractivity contribution in [1.82, 2.24) is 15.6 Å². The van der Waals surface area contributed by atoms with Crippen LogP contribution in [0.3, 0.4) is 0 Å². The number of benzene rings is 2. The van der Waals surface area contributed by atoms with Gasteiger partial charge in [-0.3, -0.25) is 9.59 Å². The minimum absolute atomic E-state index is 0.0521. The molecule has 0 radical (unpaired) electrons. The highest BCUT2D eigenvalue weighted by atomic mass is 16.4. The van der Waals surface area contributed by atoms with Crippen LogP contribution in [-0.2, 0) is 17.6 Å². The number of rotatable bonds is 11. The maximum atomic E-state index is 13.2. The minimum atomic E-state index is -1.37. The summed E-state index contributed by atoms with van der Waals surface area (Å²) in [4.78, 5) is 43.5. The van der Waals surface area contributed by atoms with Gasteiger partial charge >= 0.3 is 6.09 Å². The van der Waals surface area contributed by atoms with Crippen LogP contribution >= 0.6 is 0 Å². The number of carbonyl (C=O) groups is 3. The summed E-state index contributed by atoms with van der Waals surface area (Å²) in [6.07, 6.45) is 0.418.